The molecule has 0 spiro atoms. The highest BCUT2D eigenvalue weighted by Gasteiger charge is 2.16. The van der Waals surface area contributed by atoms with Crippen LogP contribution in [0.1, 0.15) is 39.7 Å². The Bertz CT molecular complexity index is 628. The number of aromatic nitrogens is 2. The van der Waals surface area contributed by atoms with Gasteiger partial charge in [0.2, 0.25) is 0 Å². The fraction of sp³-hybridized carbons (Fsp3) is 0.474. The smallest absolute Gasteiger partial charge is 0.260 e. The minimum Gasteiger partial charge on any atom is -0.481 e. The van der Waals surface area contributed by atoms with E-state index in [2.05, 4.69) is 31.1 Å². The van der Waals surface area contributed by atoms with Crippen molar-refractivity contribution < 1.29 is 9.53 Å². The van der Waals surface area contributed by atoms with Gasteiger partial charge in [-0.15, -0.1) is 0 Å². The van der Waals surface area contributed by atoms with Gasteiger partial charge in [0, 0.05) is 25.5 Å². The van der Waals surface area contributed by atoms with E-state index in [-0.39, 0.29) is 11.3 Å². The Hall–Kier alpha value is -2.30. The molecule has 1 aromatic carbocycles. The van der Waals surface area contributed by atoms with E-state index in [1.165, 1.54) is 5.56 Å². The normalized spacial score (nSPS) is 12.7. The summed E-state index contributed by atoms with van der Waals surface area (Å²) in [5.74, 6) is 0.615. The van der Waals surface area contributed by atoms with Crippen LogP contribution in [0.25, 0.3) is 0 Å². The third-order valence-electron chi connectivity index (χ3n) is 3.85. The number of imidazole rings is 1. The number of hydrogen-bond donors (Lipinski definition) is 1. The Balaban J connectivity index is 1.74. The first-order valence-electron chi connectivity index (χ1n) is 8.37. The number of rotatable bonds is 7. The lowest BCUT2D eigenvalue weighted by Crippen LogP contribution is -2.37. The average molecular weight is 329 g/mol. The van der Waals surface area contributed by atoms with Gasteiger partial charge < -0.3 is 14.6 Å². The summed E-state index contributed by atoms with van der Waals surface area (Å²) in [6, 6.07) is 7.93. The SMILES string of the molecule is C[C@@H](Oc1ccc(C(C)(C)C)cc1)C(=O)NCCCn1ccnc1. The topological polar surface area (TPSA) is 56.1 Å². The van der Waals surface area contributed by atoms with Gasteiger partial charge in [0.25, 0.3) is 5.91 Å². The first-order valence-corrected chi connectivity index (χ1v) is 8.37. The van der Waals surface area contributed by atoms with Gasteiger partial charge in [-0.05, 0) is 36.5 Å². The van der Waals surface area contributed by atoms with Crippen LogP contribution in [0.15, 0.2) is 43.0 Å². The summed E-state index contributed by atoms with van der Waals surface area (Å²) in [6.07, 6.45) is 5.77. The summed E-state index contributed by atoms with van der Waals surface area (Å²) in [6.45, 7) is 9.73. The van der Waals surface area contributed by atoms with Crippen molar-refractivity contribution in [2.24, 2.45) is 0 Å². The molecule has 2 rings (SSSR count). The number of nitrogens with one attached hydrogen (secondary N) is 1. The van der Waals surface area contributed by atoms with E-state index in [0.717, 1.165) is 13.0 Å². The van der Waals surface area contributed by atoms with Crippen molar-refractivity contribution in [3.05, 3.63) is 48.5 Å². The number of aryl methyl sites for hydroxylation is 1. The highest BCUT2D eigenvalue weighted by atomic mass is 16.5. The van der Waals surface area contributed by atoms with E-state index < -0.39 is 6.10 Å². The monoisotopic (exact) mass is 329 g/mol. The summed E-state index contributed by atoms with van der Waals surface area (Å²) in [5.41, 5.74) is 1.35. The molecule has 1 atom stereocenters. The Labute approximate surface area is 144 Å². The Morgan fingerprint density at radius 2 is 2.00 bits per heavy atom. The number of ether oxygens (including phenoxy) is 1. The lowest BCUT2D eigenvalue weighted by Gasteiger charge is -2.20. The van der Waals surface area contributed by atoms with Crippen LogP contribution in [0.2, 0.25) is 0 Å². The van der Waals surface area contributed by atoms with Gasteiger partial charge in [-0.25, -0.2) is 4.98 Å². The number of nitrogens with zero attached hydrogens (tertiary/aromatic N) is 2. The number of benzene rings is 1. The summed E-state index contributed by atoms with van der Waals surface area (Å²) in [7, 11) is 0. The molecule has 130 valence electrons. The summed E-state index contributed by atoms with van der Waals surface area (Å²) in [4.78, 5) is 16.1. The molecule has 0 bridgehead atoms. The molecule has 1 N–H and O–H groups in total. The van der Waals surface area contributed by atoms with E-state index in [1.54, 1.807) is 19.4 Å². The van der Waals surface area contributed by atoms with Crippen molar-refractivity contribution in [2.45, 2.75) is 52.2 Å². The Kier molecular flexibility index (Phi) is 6.01. The van der Waals surface area contributed by atoms with Crippen LogP contribution < -0.4 is 10.1 Å². The first-order chi connectivity index (χ1) is 11.4. The van der Waals surface area contributed by atoms with Gasteiger partial charge in [0.1, 0.15) is 5.75 Å². The van der Waals surface area contributed by atoms with Gasteiger partial charge in [-0.3, -0.25) is 4.79 Å². The van der Waals surface area contributed by atoms with E-state index in [4.69, 9.17) is 4.74 Å². The molecular formula is C19H27N3O2. The van der Waals surface area contributed by atoms with E-state index in [9.17, 15) is 4.79 Å². The molecule has 0 fully saturated rings. The molecule has 5 heteroatoms. The molecule has 0 radical (unpaired) electrons. The largest absolute Gasteiger partial charge is 0.481 e. The quantitative estimate of drug-likeness (QED) is 0.794. The molecule has 0 aliphatic heterocycles. The van der Waals surface area contributed by atoms with Crippen molar-refractivity contribution in [3.63, 3.8) is 0 Å². The van der Waals surface area contributed by atoms with Crippen molar-refractivity contribution in [1.82, 2.24) is 14.9 Å². The van der Waals surface area contributed by atoms with E-state index >= 15 is 0 Å². The second-order valence-corrected chi connectivity index (χ2v) is 6.98. The van der Waals surface area contributed by atoms with Crippen molar-refractivity contribution >= 4 is 5.91 Å². The molecule has 1 heterocycles. The zero-order chi connectivity index (χ0) is 17.6. The lowest BCUT2D eigenvalue weighted by molar-refractivity contribution is -0.127. The fourth-order valence-corrected chi connectivity index (χ4v) is 2.33. The Morgan fingerprint density at radius 1 is 1.29 bits per heavy atom. The number of amides is 1. The maximum Gasteiger partial charge on any atom is 0.260 e. The van der Waals surface area contributed by atoms with Gasteiger partial charge in [-0.1, -0.05) is 32.9 Å². The maximum atomic E-state index is 12.1. The molecule has 0 aliphatic rings. The van der Waals surface area contributed by atoms with Gasteiger partial charge in [-0.2, -0.15) is 0 Å². The zero-order valence-electron chi connectivity index (χ0n) is 15.0. The highest BCUT2D eigenvalue weighted by molar-refractivity contribution is 5.80. The summed E-state index contributed by atoms with van der Waals surface area (Å²) >= 11 is 0. The number of hydrogen-bond acceptors (Lipinski definition) is 3. The predicted octanol–water partition coefficient (Wildman–Crippen LogP) is 3.15. The van der Waals surface area contributed by atoms with Crippen LogP contribution in [-0.2, 0) is 16.8 Å². The number of carbonyl (C=O) groups is 1. The second kappa shape index (κ2) is 7.99. The molecule has 5 nitrogen and oxygen atoms in total. The van der Waals surface area contributed by atoms with Crippen molar-refractivity contribution in [3.8, 4) is 5.75 Å². The van der Waals surface area contributed by atoms with Crippen LogP contribution in [0.4, 0.5) is 0 Å². The van der Waals surface area contributed by atoms with Crippen molar-refractivity contribution in [2.75, 3.05) is 6.54 Å². The van der Waals surface area contributed by atoms with Crippen LogP contribution in [0, 0.1) is 0 Å². The lowest BCUT2D eigenvalue weighted by atomic mass is 9.87. The van der Waals surface area contributed by atoms with Gasteiger partial charge in [0.15, 0.2) is 6.10 Å². The van der Waals surface area contributed by atoms with Crippen LogP contribution in [-0.4, -0.2) is 28.1 Å². The van der Waals surface area contributed by atoms with Gasteiger partial charge >= 0.3 is 0 Å². The zero-order valence-corrected chi connectivity index (χ0v) is 15.0. The molecule has 2 aromatic rings. The summed E-state index contributed by atoms with van der Waals surface area (Å²) < 4.78 is 7.71. The third kappa shape index (κ3) is 5.41. The van der Waals surface area contributed by atoms with Crippen LogP contribution >= 0.6 is 0 Å². The van der Waals surface area contributed by atoms with Crippen LogP contribution in [0.3, 0.4) is 0 Å². The molecule has 1 amide bonds. The standard InChI is InChI=1S/C19H27N3O2/c1-15(18(23)21-10-5-12-22-13-11-20-14-22)24-17-8-6-16(7-9-17)19(2,3)4/h6-9,11,13-15H,5,10,12H2,1-4H3,(H,21,23)/t15-/m1/s1. The first kappa shape index (κ1) is 18.0. The molecular weight excluding hydrogens is 302 g/mol. The maximum absolute atomic E-state index is 12.1. The fourth-order valence-electron chi connectivity index (χ4n) is 2.33. The Morgan fingerprint density at radius 3 is 2.58 bits per heavy atom. The molecule has 0 saturated carbocycles. The van der Waals surface area contributed by atoms with E-state index in [1.807, 2.05) is 35.0 Å². The highest BCUT2D eigenvalue weighted by Crippen LogP contribution is 2.24. The van der Waals surface area contributed by atoms with Gasteiger partial charge in [0.05, 0.1) is 6.33 Å². The molecule has 0 aliphatic carbocycles. The van der Waals surface area contributed by atoms with Crippen molar-refractivity contribution in [1.29, 1.82) is 0 Å². The third-order valence-corrected chi connectivity index (χ3v) is 3.85. The summed E-state index contributed by atoms with van der Waals surface area (Å²) in [5, 5.41) is 2.90. The molecule has 0 unspecified atom stereocenters. The predicted molar refractivity (Wildman–Crippen MR) is 95.1 cm³/mol. The minimum absolute atomic E-state index is 0.0967. The molecule has 24 heavy (non-hydrogen) atoms. The molecule has 0 saturated heterocycles. The minimum atomic E-state index is -0.515. The molecule has 1 aromatic heterocycles. The van der Waals surface area contributed by atoms with Crippen LogP contribution in [0.5, 0.6) is 5.75 Å². The van der Waals surface area contributed by atoms with E-state index in [0.29, 0.717) is 12.3 Å². The number of carbonyl (C=O) groups excluding carboxylic acids is 1. The second-order valence-electron chi connectivity index (χ2n) is 6.98. The average Bonchev–Trinajstić information content (AvgIpc) is 3.04.